The lowest BCUT2D eigenvalue weighted by atomic mass is 9.89. The second kappa shape index (κ2) is 12.6. The minimum atomic E-state index is -0.0599. The molecule has 1 saturated carbocycles. The van der Waals surface area contributed by atoms with Crippen LogP contribution in [0.4, 0.5) is 5.95 Å². The predicted molar refractivity (Wildman–Crippen MR) is 154 cm³/mol. The van der Waals surface area contributed by atoms with Crippen molar-refractivity contribution in [3.05, 3.63) is 59.8 Å². The average Bonchev–Trinajstić information content (AvgIpc) is 3.41. The van der Waals surface area contributed by atoms with Crippen LogP contribution in [-0.2, 0) is 22.6 Å². The molecule has 2 aromatic heterocycles. The average molecular weight is 545 g/mol. The van der Waals surface area contributed by atoms with Gasteiger partial charge in [0.25, 0.3) is 0 Å². The Labute approximate surface area is 236 Å². The summed E-state index contributed by atoms with van der Waals surface area (Å²) in [6, 6.07) is 8.49. The number of ether oxygens (including phenoxy) is 1. The Kier molecular flexibility index (Phi) is 8.77. The molecule has 2 fully saturated rings. The molecule has 1 amide bonds. The maximum atomic E-state index is 13.0. The number of benzene rings is 1. The minimum absolute atomic E-state index is 0.0116. The van der Waals surface area contributed by atoms with E-state index in [1.165, 1.54) is 25.3 Å². The Morgan fingerprint density at radius 2 is 1.85 bits per heavy atom. The van der Waals surface area contributed by atoms with E-state index < -0.39 is 0 Å². The van der Waals surface area contributed by atoms with Gasteiger partial charge in [-0.1, -0.05) is 51.1 Å². The van der Waals surface area contributed by atoms with Crippen LogP contribution in [0.2, 0.25) is 0 Å². The Bertz CT molecular complexity index is 1350. The molecule has 3 heterocycles. The van der Waals surface area contributed by atoms with Crippen molar-refractivity contribution in [1.82, 2.24) is 24.5 Å². The van der Waals surface area contributed by atoms with Crippen LogP contribution in [0, 0.1) is 5.92 Å². The first-order chi connectivity index (χ1) is 19.4. The number of aromatic nitrogens is 4. The summed E-state index contributed by atoms with van der Waals surface area (Å²) >= 11 is 0. The minimum Gasteiger partial charge on any atom is -0.460 e. The Hall–Kier alpha value is -3.75. The lowest BCUT2D eigenvalue weighted by molar-refractivity contribution is -0.130. The normalized spacial score (nSPS) is 16.8. The number of likely N-dealkylation sites (tertiary alicyclic amines) is 1. The number of anilines is 1. The summed E-state index contributed by atoms with van der Waals surface area (Å²) in [6.45, 7) is 9.56. The summed E-state index contributed by atoms with van der Waals surface area (Å²) in [6.07, 6.45) is 10.8. The van der Waals surface area contributed by atoms with Crippen molar-refractivity contribution in [1.29, 1.82) is 0 Å². The summed E-state index contributed by atoms with van der Waals surface area (Å²) in [5.41, 5.74) is 3.86. The van der Waals surface area contributed by atoms with Crippen LogP contribution in [0.3, 0.4) is 0 Å². The van der Waals surface area contributed by atoms with Gasteiger partial charge in [-0.25, -0.2) is 0 Å². The SMILES string of the molecule is C=CC(=O)N1CCC(C(=O)Cc2cccc(CNc3nc(OC4CCCCC4)nc4c(C(C)C)cnn34)c2)CC1. The maximum Gasteiger partial charge on any atom is 0.322 e. The highest BCUT2D eigenvalue weighted by Gasteiger charge is 2.26. The van der Waals surface area contributed by atoms with E-state index in [2.05, 4.69) is 36.9 Å². The van der Waals surface area contributed by atoms with E-state index in [0.717, 1.165) is 35.2 Å². The molecule has 0 unspecified atom stereocenters. The fourth-order valence-corrected chi connectivity index (χ4v) is 5.71. The molecule has 1 aliphatic heterocycles. The van der Waals surface area contributed by atoms with Crippen molar-refractivity contribution < 1.29 is 14.3 Å². The van der Waals surface area contributed by atoms with Crippen LogP contribution >= 0.6 is 0 Å². The predicted octanol–water partition coefficient (Wildman–Crippen LogP) is 5.11. The monoisotopic (exact) mass is 544 g/mol. The zero-order chi connectivity index (χ0) is 28.1. The molecule has 1 N–H and O–H groups in total. The number of nitrogens with one attached hydrogen (secondary N) is 1. The highest BCUT2D eigenvalue weighted by molar-refractivity contribution is 5.88. The van der Waals surface area contributed by atoms with Gasteiger partial charge in [-0.2, -0.15) is 19.6 Å². The van der Waals surface area contributed by atoms with E-state index in [4.69, 9.17) is 14.7 Å². The van der Waals surface area contributed by atoms with Crippen LogP contribution in [0.25, 0.3) is 5.65 Å². The highest BCUT2D eigenvalue weighted by Crippen LogP contribution is 2.26. The lowest BCUT2D eigenvalue weighted by Gasteiger charge is -2.30. The first-order valence-corrected chi connectivity index (χ1v) is 14.6. The largest absolute Gasteiger partial charge is 0.460 e. The van der Waals surface area contributed by atoms with E-state index in [0.29, 0.717) is 50.9 Å². The van der Waals surface area contributed by atoms with Gasteiger partial charge in [0, 0.05) is 37.5 Å². The van der Waals surface area contributed by atoms with Gasteiger partial charge in [-0.3, -0.25) is 9.59 Å². The topological polar surface area (TPSA) is 102 Å². The van der Waals surface area contributed by atoms with E-state index >= 15 is 0 Å². The number of rotatable bonds is 10. The van der Waals surface area contributed by atoms with Gasteiger partial charge in [0.15, 0.2) is 5.65 Å². The molecular weight excluding hydrogens is 504 g/mol. The van der Waals surface area contributed by atoms with Crippen molar-refractivity contribution in [3.63, 3.8) is 0 Å². The van der Waals surface area contributed by atoms with Gasteiger partial charge in [-0.05, 0) is 61.6 Å². The maximum absolute atomic E-state index is 13.0. The number of hydrogen-bond acceptors (Lipinski definition) is 7. The molecule has 0 radical (unpaired) electrons. The summed E-state index contributed by atoms with van der Waals surface area (Å²) in [5.74, 6) is 1.02. The van der Waals surface area contributed by atoms with E-state index in [1.807, 2.05) is 24.4 Å². The van der Waals surface area contributed by atoms with Crippen LogP contribution in [0.15, 0.2) is 43.1 Å². The molecule has 9 nitrogen and oxygen atoms in total. The Balaban J connectivity index is 1.26. The first kappa shape index (κ1) is 27.8. The first-order valence-electron chi connectivity index (χ1n) is 14.6. The zero-order valence-electron chi connectivity index (χ0n) is 23.6. The Morgan fingerprint density at radius 3 is 2.58 bits per heavy atom. The van der Waals surface area contributed by atoms with Crippen LogP contribution < -0.4 is 10.1 Å². The van der Waals surface area contributed by atoms with Gasteiger partial charge in [0.2, 0.25) is 11.9 Å². The summed E-state index contributed by atoms with van der Waals surface area (Å²) in [7, 11) is 0. The van der Waals surface area contributed by atoms with Crippen LogP contribution in [0.1, 0.15) is 81.4 Å². The van der Waals surface area contributed by atoms with Crippen molar-refractivity contribution in [3.8, 4) is 6.01 Å². The Morgan fingerprint density at radius 1 is 1.10 bits per heavy atom. The molecule has 40 heavy (non-hydrogen) atoms. The van der Waals surface area contributed by atoms with Crippen LogP contribution in [0.5, 0.6) is 6.01 Å². The smallest absolute Gasteiger partial charge is 0.322 e. The lowest BCUT2D eigenvalue weighted by Crippen LogP contribution is -2.39. The molecule has 0 atom stereocenters. The molecule has 1 aliphatic carbocycles. The summed E-state index contributed by atoms with van der Waals surface area (Å²) in [4.78, 5) is 36.1. The number of hydrogen-bond donors (Lipinski definition) is 1. The number of ketones is 1. The van der Waals surface area contributed by atoms with Crippen molar-refractivity contribution >= 4 is 23.3 Å². The number of carbonyl (C=O) groups excluding carboxylic acids is 2. The zero-order valence-corrected chi connectivity index (χ0v) is 23.6. The third-order valence-electron chi connectivity index (χ3n) is 8.08. The molecule has 0 spiro atoms. The second-order valence-corrected chi connectivity index (χ2v) is 11.3. The molecule has 212 valence electrons. The summed E-state index contributed by atoms with van der Waals surface area (Å²) in [5, 5.41) is 8.01. The number of carbonyl (C=O) groups is 2. The molecular formula is C31H40N6O3. The molecule has 1 saturated heterocycles. The third-order valence-corrected chi connectivity index (χ3v) is 8.08. The van der Waals surface area contributed by atoms with Gasteiger partial charge in [0.05, 0.1) is 6.20 Å². The molecule has 3 aromatic rings. The van der Waals surface area contributed by atoms with Crippen molar-refractivity contribution in [2.45, 2.75) is 83.8 Å². The fourth-order valence-electron chi connectivity index (χ4n) is 5.71. The molecule has 2 aliphatic rings. The van der Waals surface area contributed by atoms with E-state index in [-0.39, 0.29) is 29.6 Å². The van der Waals surface area contributed by atoms with Crippen LogP contribution in [-0.4, -0.2) is 55.4 Å². The quantitative estimate of drug-likeness (QED) is 0.354. The highest BCUT2D eigenvalue weighted by atomic mass is 16.5. The number of nitrogens with zero attached hydrogens (tertiary/aromatic N) is 5. The number of Topliss-reactive ketones (excluding diaryl/α,β-unsaturated/α-hetero) is 1. The third kappa shape index (κ3) is 6.51. The van der Waals surface area contributed by atoms with E-state index in [1.54, 1.807) is 9.42 Å². The van der Waals surface area contributed by atoms with Gasteiger partial charge in [0.1, 0.15) is 11.9 Å². The van der Waals surface area contributed by atoms with Gasteiger partial charge < -0.3 is 15.0 Å². The summed E-state index contributed by atoms with van der Waals surface area (Å²) < 4.78 is 7.99. The van der Waals surface area contributed by atoms with Crippen molar-refractivity contribution in [2.24, 2.45) is 5.92 Å². The fraction of sp³-hybridized carbons (Fsp3) is 0.516. The van der Waals surface area contributed by atoms with Gasteiger partial charge >= 0.3 is 6.01 Å². The standard InChI is InChI=1S/C31H40N6O3/c1-4-28(39)36-15-13-24(14-16-36)27(38)18-22-9-8-10-23(17-22)19-32-30-35-31(40-25-11-6-5-7-12-25)34-29-26(21(2)3)20-33-37(29)30/h4,8-10,17,20-21,24-25H,1,5-7,11-16,18-19H2,2-3H3,(H,32,34,35). The molecule has 9 heteroatoms. The molecule has 1 aromatic carbocycles. The van der Waals surface area contributed by atoms with Gasteiger partial charge in [-0.15, -0.1) is 0 Å². The molecule has 0 bridgehead atoms. The number of piperidine rings is 1. The number of fused-ring (bicyclic) bond motifs is 1. The molecule has 5 rings (SSSR count). The second-order valence-electron chi connectivity index (χ2n) is 11.3. The van der Waals surface area contributed by atoms with Crippen molar-refractivity contribution in [2.75, 3.05) is 18.4 Å². The van der Waals surface area contributed by atoms with E-state index in [9.17, 15) is 9.59 Å². The number of amides is 1.